The van der Waals surface area contributed by atoms with Gasteiger partial charge in [-0.15, -0.1) is 11.3 Å². The molecule has 0 saturated heterocycles. The minimum atomic E-state index is 0.736. The van der Waals surface area contributed by atoms with E-state index in [0.29, 0.717) is 0 Å². The van der Waals surface area contributed by atoms with E-state index in [1.165, 1.54) is 5.01 Å². The van der Waals surface area contributed by atoms with Crippen LogP contribution >= 0.6 is 11.3 Å². The quantitative estimate of drug-likeness (QED) is 0.734. The molecule has 0 bridgehead atoms. The summed E-state index contributed by atoms with van der Waals surface area (Å²) < 4.78 is 4.17. The summed E-state index contributed by atoms with van der Waals surface area (Å²) in [5.74, 6) is 1.14. The topological polar surface area (TPSA) is 51.8 Å². The lowest BCUT2D eigenvalue weighted by atomic mass is 10.3. The monoisotopic (exact) mass is 300 g/mol. The van der Waals surface area contributed by atoms with Crippen molar-refractivity contribution in [2.45, 2.75) is 26.2 Å². The largest absolute Gasteiger partial charge is 0.332 e. The maximum Gasteiger partial charge on any atom is 0.123 e. The molecule has 7 heteroatoms. The predicted molar refractivity (Wildman–Crippen MR) is 79.8 cm³/mol. The van der Waals surface area contributed by atoms with Gasteiger partial charge in [-0.3, -0.25) is 9.58 Å². The van der Waals surface area contributed by atoms with Crippen LogP contribution in [0.4, 0.5) is 0 Å². The number of hydrogen-bond donors (Lipinski definition) is 0. The Morgan fingerprint density at radius 3 is 3.00 bits per heavy atom. The Kier molecular flexibility index (Phi) is 3.28. The van der Waals surface area contributed by atoms with Crippen LogP contribution in [0.1, 0.15) is 16.5 Å². The molecule has 0 aromatic carbocycles. The number of hydrogen-bond acceptors (Lipinski definition) is 5. The summed E-state index contributed by atoms with van der Waals surface area (Å²) >= 11 is 1.71. The summed E-state index contributed by atoms with van der Waals surface area (Å²) in [6, 6.07) is 1.94. The molecule has 0 spiro atoms. The van der Waals surface area contributed by atoms with Crippen molar-refractivity contribution in [1.29, 1.82) is 0 Å². The third-order valence-corrected chi connectivity index (χ3v) is 4.42. The van der Waals surface area contributed by atoms with Crippen molar-refractivity contribution in [3.8, 4) is 0 Å². The Morgan fingerprint density at radius 1 is 1.19 bits per heavy atom. The minimum absolute atomic E-state index is 0.736. The number of aromatic nitrogens is 5. The molecule has 0 atom stereocenters. The fraction of sp³-hybridized carbons (Fsp3) is 0.357. The standard InChI is InChI=1S/C14H16N6S/c1-2-16-20(4-1)9-12-8-19-6-5-18(10-13(19)17-12)11-14-15-3-7-21-14/h1-4,7-8H,5-6,9-11H2. The van der Waals surface area contributed by atoms with Crippen molar-refractivity contribution < 1.29 is 0 Å². The van der Waals surface area contributed by atoms with E-state index >= 15 is 0 Å². The van der Waals surface area contributed by atoms with E-state index < -0.39 is 0 Å². The van der Waals surface area contributed by atoms with Crippen LogP contribution in [-0.4, -0.2) is 35.8 Å². The van der Waals surface area contributed by atoms with E-state index in [9.17, 15) is 0 Å². The molecule has 6 nitrogen and oxygen atoms in total. The first-order valence-electron chi connectivity index (χ1n) is 7.00. The summed E-state index contributed by atoms with van der Waals surface area (Å²) in [7, 11) is 0. The van der Waals surface area contributed by atoms with Gasteiger partial charge in [-0.25, -0.2) is 9.97 Å². The molecule has 0 fully saturated rings. The van der Waals surface area contributed by atoms with Crippen LogP contribution in [0.2, 0.25) is 0 Å². The summed E-state index contributed by atoms with van der Waals surface area (Å²) in [5, 5.41) is 7.44. The first-order valence-corrected chi connectivity index (χ1v) is 7.88. The molecule has 21 heavy (non-hydrogen) atoms. The summed E-state index contributed by atoms with van der Waals surface area (Å²) in [6.07, 6.45) is 7.78. The van der Waals surface area contributed by atoms with Gasteiger partial charge in [-0.1, -0.05) is 0 Å². The molecule has 0 saturated carbocycles. The molecule has 4 rings (SSSR count). The summed E-state index contributed by atoms with van der Waals surface area (Å²) in [6.45, 7) is 4.58. The first-order chi connectivity index (χ1) is 10.4. The third kappa shape index (κ3) is 2.74. The Bertz CT molecular complexity index is 700. The van der Waals surface area contributed by atoms with Gasteiger partial charge in [-0.2, -0.15) is 5.10 Å². The fourth-order valence-corrected chi connectivity index (χ4v) is 3.31. The zero-order valence-electron chi connectivity index (χ0n) is 11.6. The smallest absolute Gasteiger partial charge is 0.123 e. The Morgan fingerprint density at radius 2 is 2.19 bits per heavy atom. The minimum Gasteiger partial charge on any atom is -0.332 e. The van der Waals surface area contributed by atoms with Crippen LogP contribution in [0.3, 0.4) is 0 Å². The average molecular weight is 300 g/mol. The van der Waals surface area contributed by atoms with Crippen molar-refractivity contribution in [2.24, 2.45) is 0 Å². The van der Waals surface area contributed by atoms with Crippen LogP contribution in [0, 0.1) is 0 Å². The Labute approximate surface area is 126 Å². The van der Waals surface area contributed by atoms with Gasteiger partial charge in [0.1, 0.15) is 10.8 Å². The van der Waals surface area contributed by atoms with Crippen LogP contribution in [0.25, 0.3) is 0 Å². The molecule has 0 aliphatic carbocycles. The van der Waals surface area contributed by atoms with Gasteiger partial charge in [0, 0.05) is 43.3 Å². The highest BCUT2D eigenvalue weighted by Crippen LogP contribution is 2.17. The van der Waals surface area contributed by atoms with Crippen molar-refractivity contribution in [3.63, 3.8) is 0 Å². The number of nitrogens with zero attached hydrogens (tertiary/aromatic N) is 6. The van der Waals surface area contributed by atoms with E-state index in [0.717, 1.165) is 44.2 Å². The maximum absolute atomic E-state index is 4.75. The van der Waals surface area contributed by atoms with Gasteiger partial charge in [0.15, 0.2) is 0 Å². The summed E-state index contributed by atoms with van der Waals surface area (Å²) in [5.41, 5.74) is 1.07. The zero-order chi connectivity index (χ0) is 14.1. The van der Waals surface area contributed by atoms with E-state index in [1.807, 2.05) is 28.5 Å². The van der Waals surface area contributed by atoms with E-state index in [-0.39, 0.29) is 0 Å². The number of fused-ring (bicyclic) bond motifs is 1. The zero-order valence-corrected chi connectivity index (χ0v) is 12.4. The molecule has 0 amide bonds. The lowest BCUT2D eigenvalue weighted by molar-refractivity contribution is 0.208. The lowest BCUT2D eigenvalue weighted by Crippen LogP contribution is -2.33. The average Bonchev–Trinajstić information content (AvgIpc) is 3.19. The van der Waals surface area contributed by atoms with Crippen molar-refractivity contribution >= 4 is 11.3 Å². The second-order valence-electron chi connectivity index (χ2n) is 5.18. The highest BCUT2D eigenvalue weighted by Gasteiger charge is 2.19. The number of imidazole rings is 1. The second kappa shape index (κ2) is 5.42. The molecule has 108 valence electrons. The van der Waals surface area contributed by atoms with Gasteiger partial charge in [0.2, 0.25) is 0 Å². The predicted octanol–water partition coefficient (Wildman–Crippen LogP) is 1.60. The van der Waals surface area contributed by atoms with Gasteiger partial charge < -0.3 is 4.57 Å². The molecule has 0 radical (unpaired) electrons. The molecule has 3 aromatic rings. The normalized spacial score (nSPS) is 15.2. The Balaban J connectivity index is 1.46. The van der Waals surface area contributed by atoms with Crippen LogP contribution in [0.15, 0.2) is 36.2 Å². The third-order valence-electron chi connectivity index (χ3n) is 3.66. The molecule has 4 heterocycles. The van der Waals surface area contributed by atoms with Gasteiger partial charge in [-0.05, 0) is 6.07 Å². The molecule has 0 N–H and O–H groups in total. The second-order valence-corrected chi connectivity index (χ2v) is 6.16. The van der Waals surface area contributed by atoms with Crippen molar-refractivity contribution in [3.05, 3.63) is 52.8 Å². The lowest BCUT2D eigenvalue weighted by Gasteiger charge is -2.26. The Hall–Kier alpha value is -1.99. The molecule has 1 aliphatic rings. The molecule has 1 aliphatic heterocycles. The van der Waals surface area contributed by atoms with Crippen molar-refractivity contribution in [1.82, 2.24) is 29.2 Å². The molecule has 0 unspecified atom stereocenters. The fourth-order valence-electron chi connectivity index (χ4n) is 2.65. The molecular weight excluding hydrogens is 284 g/mol. The van der Waals surface area contributed by atoms with Gasteiger partial charge in [0.05, 0.1) is 25.3 Å². The summed E-state index contributed by atoms with van der Waals surface area (Å²) in [4.78, 5) is 11.5. The number of rotatable bonds is 4. The van der Waals surface area contributed by atoms with E-state index in [2.05, 4.69) is 25.7 Å². The first kappa shape index (κ1) is 12.7. The van der Waals surface area contributed by atoms with Crippen molar-refractivity contribution in [2.75, 3.05) is 6.54 Å². The SMILES string of the molecule is c1cnn(Cc2cn3c(n2)CN(Cc2nccs2)CC3)c1. The van der Waals surface area contributed by atoms with E-state index in [4.69, 9.17) is 4.98 Å². The van der Waals surface area contributed by atoms with E-state index in [1.54, 1.807) is 17.5 Å². The highest BCUT2D eigenvalue weighted by atomic mass is 32.1. The van der Waals surface area contributed by atoms with Gasteiger partial charge in [0.25, 0.3) is 0 Å². The molecular formula is C14H16N6S. The van der Waals surface area contributed by atoms with Crippen LogP contribution < -0.4 is 0 Å². The maximum atomic E-state index is 4.75. The van der Waals surface area contributed by atoms with Crippen LogP contribution in [0.5, 0.6) is 0 Å². The van der Waals surface area contributed by atoms with Gasteiger partial charge >= 0.3 is 0 Å². The van der Waals surface area contributed by atoms with Crippen LogP contribution in [-0.2, 0) is 26.2 Å². The highest BCUT2D eigenvalue weighted by molar-refractivity contribution is 7.09. The molecule has 3 aromatic heterocycles. The number of thiazole rings is 1.